The van der Waals surface area contributed by atoms with Crippen molar-refractivity contribution in [1.82, 2.24) is 14.4 Å². The maximum absolute atomic E-state index is 11.7. The molecule has 0 saturated carbocycles. The molecule has 29 heavy (non-hydrogen) atoms. The summed E-state index contributed by atoms with van der Waals surface area (Å²) in [5, 5.41) is 3.34. The summed E-state index contributed by atoms with van der Waals surface area (Å²) in [7, 11) is 0. The maximum Gasteiger partial charge on any atom is 0.231 e. The Labute approximate surface area is 166 Å². The number of anilines is 1. The fourth-order valence-corrected chi connectivity index (χ4v) is 3.39. The number of nitrogens with one attached hydrogen (secondary N) is 1. The lowest BCUT2D eigenvalue weighted by Crippen LogP contribution is -2.04. The summed E-state index contributed by atoms with van der Waals surface area (Å²) < 4.78 is 12.8. The van der Waals surface area contributed by atoms with Crippen LogP contribution in [0.15, 0.2) is 61.1 Å². The van der Waals surface area contributed by atoms with Crippen molar-refractivity contribution in [2.75, 3.05) is 12.1 Å². The van der Waals surface area contributed by atoms with Gasteiger partial charge in [0.2, 0.25) is 6.79 Å². The van der Waals surface area contributed by atoms with Gasteiger partial charge in [0.05, 0.1) is 11.9 Å². The van der Waals surface area contributed by atoms with Crippen molar-refractivity contribution in [3.05, 3.63) is 72.2 Å². The minimum Gasteiger partial charge on any atom is -0.454 e. The molecule has 0 amide bonds. The summed E-state index contributed by atoms with van der Waals surface area (Å²) in [5.41, 5.74) is 4.28. The van der Waals surface area contributed by atoms with Gasteiger partial charge in [-0.2, -0.15) is 0 Å². The number of aromatic nitrogens is 3. The number of hydrogen-bond donors (Lipinski definition) is 1. The lowest BCUT2D eigenvalue weighted by atomic mass is 10.1. The summed E-state index contributed by atoms with van der Waals surface area (Å²) in [6.45, 7) is 2.40. The lowest BCUT2D eigenvalue weighted by molar-refractivity contribution is 0.101. The molecule has 0 bridgehead atoms. The number of hydrogen-bond acceptors (Lipinski definition) is 6. The topological polar surface area (TPSA) is 77.8 Å². The Bertz CT molecular complexity index is 1230. The predicted octanol–water partition coefficient (Wildman–Crippen LogP) is 3.94. The second-order valence-electron chi connectivity index (χ2n) is 6.79. The van der Waals surface area contributed by atoms with Gasteiger partial charge in [0.15, 0.2) is 28.7 Å². The molecule has 0 saturated heterocycles. The van der Waals surface area contributed by atoms with E-state index in [1.54, 1.807) is 19.3 Å². The normalized spacial score (nSPS) is 12.3. The van der Waals surface area contributed by atoms with E-state index in [1.165, 1.54) is 0 Å². The molecule has 1 aliphatic rings. The van der Waals surface area contributed by atoms with Gasteiger partial charge >= 0.3 is 0 Å². The first-order chi connectivity index (χ1) is 14.2. The summed E-state index contributed by atoms with van der Waals surface area (Å²) in [6.07, 6.45) is 5.39. The molecule has 0 atom stereocenters. The highest BCUT2D eigenvalue weighted by Crippen LogP contribution is 2.32. The molecule has 1 aliphatic heterocycles. The summed E-state index contributed by atoms with van der Waals surface area (Å²) in [5.74, 6) is 2.23. The molecule has 5 rings (SSSR count). The number of ketones is 1. The van der Waals surface area contributed by atoms with Gasteiger partial charge in [-0.25, -0.2) is 9.97 Å². The minimum atomic E-state index is 0.0356. The van der Waals surface area contributed by atoms with Gasteiger partial charge in [0, 0.05) is 30.1 Å². The molecule has 3 heterocycles. The molecule has 1 N–H and O–H groups in total. The van der Waals surface area contributed by atoms with E-state index < -0.39 is 0 Å². The van der Waals surface area contributed by atoms with Crippen LogP contribution in [0, 0.1) is 0 Å². The third-order valence-electron chi connectivity index (χ3n) is 4.89. The Morgan fingerprint density at radius 1 is 1.14 bits per heavy atom. The molecule has 7 nitrogen and oxygen atoms in total. The maximum atomic E-state index is 11.7. The third-order valence-corrected chi connectivity index (χ3v) is 4.89. The van der Waals surface area contributed by atoms with E-state index in [2.05, 4.69) is 15.3 Å². The Kier molecular flexibility index (Phi) is 4.13. The van der Waals surface area contributed by atoms with Crippen LogP contribution in [-0.4, -0.2) is 26.9 Å². The number of benzene rings is 2. The zero-order chi connectivity index (χ0) is 19.8. The molecule has 0 radical (unpaired) electrons. The van der Waals surface area contributed by atoms with Gasteiger partial charge in [0.25, 0.3) is 0 Å². The van der Waals surface area contributed by atoms with Crippen molar-refractivity contribution in [3.63, 3.8) is 0 Å². The molecule has 2 aromatic heterocycles. The minimum absolute atomic E-state index is 0.0356. The highest BCUT2D eigenvalue weighted by Gasteiger charge is 2.14. The smallest absolute Gasteiger partial charge is 0.231 e. The number of carbonyl (C=O) groups is 1. The molecular formula is C22H18N4O3. The highest BCUT2D eigenvalue weighted by atomic mass is 16.7. The quantitative estimate of drug-likeness (QED) is 0.524. The zero-order valence-electron chi connectivity index (χ0n) is 15.8. The van der Waals surface area contributed by atoms with E-state index in [4.69, 9.17) is 9.47 Å². The number of rotatable bonds is 5. The Morgan fingerprint density at radius 3 is 2.93 bits per heavy atom. The molecular weight excluding hydrogens is 368 g/mol. The fraction of sp³-hybridized carbons (Fsp3) is 0.136. The first-order valence-electron chi connectivity index (χ1n) is 9.25. The average molecular weight is 386 g/mol. The average Bonchev–Trinajstić information content (AvgIpc) is 3.39. The Hall–Kier alpha value is -3.87. The van der Waals surface area contributed by atoms with Crippen LogP contribution in [0.2, 0.25) is 0 Å². The third kappa shape index (κ3) is 3.16. The van der Waals surface area contributed by atoms with Gasteiger partial charge in [-0.3, -0.25) is 9.20 Å². The summed E-state index contributed by atoms with van der Waals surface area (Å²) in [6, 6.07) is 13.4. The van der Waals surface area contributed by atoms with E-state index in [9.17, 15) is 4.79 Å². The molecule has 144 valence electrons. The lowest BCUT2D eigenvalue weighted by Gasteiger charge is -2.09. The highest BCUT2D eigenvalue weighted by molar-refractivity contribution is 5.95. The van der Waals surface area contributed by atoms with Crippen molar-refractivity contribution in [2.45, 2.75) is 13.5 Å². The molecule has 0 aliphatic carbocycles. The standard InChI is InChI=1S/C22H18N4O3/c1-14(27)16-3-2-4-17(10-16)18-12-25-22-21(23-7-8-26(18)22)24-11-15-5-6-19-20(9-15)29-13-28-19/h2-10,12H,11,13H2,1H3,(H,23,24). The first-order valence-corrected chi connectivity index (χ1v) is 9.25. The van der Waals surface area contributed by atoms with Crippen molar-refractivity contribution in [3.8, 4) is 22.8 Å². The molecule has 2 aromatic carbocycles. The van der Waals surface area contributed by atoms with Gasteiger partial charge in [0.1, 0.15) is 0 Å². The number of ether oxygens (including phenoxy) is 2. The number of nitrogens with zero attached hydrogens (tertiary/aromatic N) is 3. The van der Waals surface area contributed by atoms with Crippen LogP contribution in [0.25, 0.3) is 16.9 Å². The van der Waals surface area contributed by atoms with E-state index >= 15 is 0 Å². The van der Waals surface area contributed by atoms with Crippen molar-refractivity contribution < 1.29 is 14.3 Å². The van der Waals surface area contributed by atoms with Crippen LogP contribution in [0.1, 0.15) is 22.8 Å². The van der Waals surface area contributed by atoms with Crippen LogP contribution in [0.3, 0.4) is 0 Å². The second kappa shape index (κ2) is 6.94. The van der Waals surface area contributed by atoms with Gasteiger partial charge < -0.3 is 14.8 Å². The zero-order valence-corrected chi connectivity index (χ0v) is 15.8. The van der Waals surface area contributed by atoms with Crippen LogP contribution >= 0.6 is 0 Å². The number of carbonyl (C=O) groups excluding carboxylic acids is 1. The Morgan fingerprint density at radius 2 is 2.03 bits per heavy atom. The second-order valence-corrected chi connectivity index (χ2v) is 6.79. The molecule has 4 aromatic rings. The predicted molar refractivity (Wildman–Crippen MR) is 108 cm³/mol. The molecule has 0 fully saturated rings. The van der Waals surface area contributed by atoms with Crippen LogP contribution in [-0.2, 0) is 6.54 Å². The molecule has 7 heteroatoms. The fourth-order valence-electron chi connectivity index (χ4n) is 3.39. The van der Waals surface area contributed by atoms with Crippen LogP contribution in [0.5, 0.6) is 11.5 Å². The van der Waals surface area contributed by atoms with E-state index in [0.29, 0.717) is 17.9 Å². The number of fused-ring (bicyclic) bond motifs is 2. The number of imidazole rings is 1. The number of Topliss-reactive ketones (excluding diaryl/α,β-unsaturated/α-hetero) is 1. The van der Waals surface area contributed by atoms with Crippen LogP contribution in [0.4, 0.5) is 5.82 Å². The van der Waals surface area contributed by atoms with Crippen molar-refractivity contribution in [2.24, 2.45) is 0 Å². The monoisotopic (exact) mass is 386 g/mol. The summed E-state index contributed by atoms with van der Waals surface area (Å²) in [4.78, 5) is 20.7. The van der Waals surface area contributed by atoms with Gasteiger partial charge in [-0.05, 0) is 30.7 Å². The Balaban J connectivity index is 1.44. The summed E-state index contributed by atoms with van der Waals surface area (Å²) >= 11 is 0. The van der Waals surface area contributed by atoms with E-state index in [1.807, 2.05) is 53.1 Å². The largest absolute Gasteiger partial charge is 0.454 e. The first kappa shape index (κ1) is 17.2. The molecule has 0 unspecified atom stereocenters. The van der Waals surface area contributed by atoms with Crippen molar-refractivity contribution in [1.29, 1.82) is 0 Å². The van der Waals surface area contributed by atoms with E-state index in [-0.39, 0.29) is 12.6 Å². The SMILES string of the molecule is CC(=O)c1cccc(-c2cnc3c(NCc4ccc5c(c4)OCO5)nccn23)c1. The van der Waals surface area contributed by atoms with Crippen LogP contribution < -0.4 is 14.8 Å². The molecule has 0 spiro atoms. The van der Waals surface area contributed by atoms with Crippen molar-refractivity contribution >= 4 is 17.2 Å². The van der Waals surface area contributed by atoms with E-state index in [0.717, 1.165) is 34.0 Å². The van der Waals surface area contributed by atoms with Gasteiger partial charge in [-0.1, -0.05) is 24.3 Å². The van der Waals surface area contributed by atoms with Gasteiger partial charge in [-0.15, -0.1) is 0 Å².